The molecule has 1 aliphatic heterocycles. The van der Waals surface area contributed by atoms with Crippen LogP contribution < -0.4 is 5.32 Å². The molecule has 0 radical (unpaired) electrons. The van der Waals surface area contributed by atoms with Gasteiger partial charge in [0.15, 0.2) is 0 Å². The Morgan fingerprint density at radius 1 is 1.26 bits per heavy atom. The quantitative estimate of drug-likeness (QED) is 0.609. The number of benzene rings is 1. The van der Waals surface area contributed by atoms with Crippen LogP contribution in [-0.4, -0.2) is 84.1 Å². The lowest BCUT2D eigenvalue weighted by Crippen LogP contribution is -2.55. The average Bonchev–Trinajstić information content (AvgIpc) is 3.13. The van der Waals surface area contributed by atoms with Crippen molar-refractivity contribution in [1.29, 1.82) is 0 Å². The van der Waals surface area contributed by atoms with Crippen molar-refractivity contribution >= 4 is 22.8 Å². The molecule has 2 aliphatic rings. The van der Waals surface area contributed by atoms with E-state index in [9.17, 15) is 9.59 Å². The minimum Gasteiger partial charge on any atom is -0.350 e. The Balaban J connectivity index is 1.64. The van der Waals surface area contributed by atoms with E-state index < -0.39 is 0 Å². The molecule has 7 heteroatoms. The molecule has 1 aromatic heterocycles. The van der Waals surface area contributed by atoms with Gasteiger partial charge in [-0.2, -0.15) is 0 Å². The van der Waals surface area contributed by atoms with Crippen molar-refractivity contribution in [1.82, 2.24) is 24.6 Å². The summed E-state index contributed by atoms with van der Waals surface area (Å²) in [4.78, 5) is 32.6. The van der Waals surface area contributed by atoms with E-state index in [1.165, 1.54) is 26.9 Å². The van der Waals surface area contributed by atoms with Crippen LogP contribution in [-0.2, 0) is 18.3 Å². The van der Waals surface area contributed by atoms with Gasteiger partial charge in [-0.3, -0.25) is 14.6 Å². The van der Waals surface area contributed by atoms with Crippen molar-refractivity contribution in [2.75, 3.05) is 46.8 Å². The maximum atomic E-state index is 13.8. The number of rotatable bonds is 8. The van der Waals surface area contributed by atoms with Crippen molar-refractivity contribution in [3.63, 3.8) is 0 Å². The SMILES string of the molecule is C=CCN1C[C@H](C(=O)N(CCCN(C)C)C(=O)NCC)CC2c3cccc4c3c(cn4C)C[C@H]21. The monoisotopic (exact) mass is 465 g/mol. The first kappa shape index (κ1) is 24.5. The Morgan fingerprint density at radius 3 is 2.76 bits per heavy atom. The molecule has 3 atom stereocenters. The Kier molecular flexibility index (Phi) is 7.43. The van der Waals surface area contributed by atoms with E-state index in [0.29, 0.717) is 25.7 Å². The molecule has 34 heavy (non-hydrogen) atoms. The van der Waals surface area contributed by atoms with Gasteiger partial charge < -0.3 is 14.8 Å². The van der Waals surface area contributed by atoms with Crippen molar-refractivity contribution in [3.05, 3.63) is 48.2 Å². The molecule has 184 valence electrons. The number of carbonyl (C=O) groups excluding carboxylic acids is 2. The van der Waals surface area contributed by atoms with Crippen LogP contribution in [0.4, 0.5) is 4.79 Å². The van der Waals surface area contributed by atoms with Gasteiger partial charge in [0.25, 0.3) is 0 Å². The first-order valence-electron chi connectivity index (χ1n) is 12.5. The molecule has 7 nitrogen and oxygen atoms in total. The summed E-state index contributed by atoms with van der Waals surface area (Å²) >= 11 is 0. The van der Waals surface area contributed by atoms with E-state index in [1.807, 2.05) is 27.1 Å². The van der Waals surface area contributed by atoms with E-state index in [0.717, 1.165) is 32.4 Å². The van der Waals surface area contributed by atoms with E-state index in [1.54, 1.807) is 0 Å². The zero-order valence-corrected chi connectivity index (χ0v) is 21.1. The summed E-state index contributed by atoms with van der Waals surface area (Å²) in [6, 6.07) is 6.61. The second-order valence-electron chi connectivity index (χ2n) is 10.0. The van der Waals surface area contributed by atoms with Gasteiger partial charge in [0.1, 0.15) is 0 Å². The fourth-order valence-corrected chi connectivity index (χ4v) is 5.95. The standard InChI is InChI=1S/C27H39N5O2/c1-6-12-31-18-20(26(33)32(27(34)28-7-2)14-9-13-29(3)4)15-22-21-10-8-11-23-25(21)19(16-24(22)31)17-30(23)5/h6,8,10-11,17,20,22,24H,1,7,9,12-16,18H2,2-5H3,(H,28,34)/t20-,22?,24-/m1/s1. The summed E-state index contributed by atoms with van der Waals surface area (Å²) in [6.07, 6.45) is 6.71. The predicted octanol–water partition coefficient (Wildman–Crippen LogP) is 3.20. The number of nitrogens with one attached hydrogen (secondary N) is 1. The summed E-state index contributed by atoms with van der Waals surface area (Å²) in [6.45, 7) is 9.05. The zero-order valence-electron chi connectivity index (χ0n) is 21.1. The highest BCUT2D eigenvalue weighted by Gasteiger charge is 2.44. The van der Waals surface area contributed by atoms with E-state index in [4.69, 9.17) is 0 Å². The Hall–Kier alpha value is -2.64. The molecular weight excluding hydrogens is 426 g/mol. The van der Waals surface area contributed by atoms with Crippen LogP contribution in [0.5, 0.6) is 0 Å². The highest BCUT2D eigenvalue weighted by atomic mass is 16.2. The van der Waals surface area contributed by atoms with Crippen molar-refractivity contribution in [2.24, 2.45) is 13.0 Å². The topological polar surface area (TPSA) is 60.8 Å². The Bertz CT molecular complexity index is 1060. The number of hydrogen-bond acceptors (Lipinski definition) is 4. The van der Waals surface area contributed by atoms with Gasteiger partial charge in [-0.1, -0.05) is 18.2 Å². The van der Waals surface area contributed by atoms with Gasteiger partial charge in [-0.15, -0.1) is 6.58 Å². The smallest absolute Gasteiger partial charge is 0.324 e. The van der Waals surface area contributed by atoms with Crippen LogP contribution >= 0.6 is 0 Å². The van der Waals surface area contributed by atoms with Gasteiger partial charge in [-0.25, -0.2) is 4.79 Å². The fraction of sp³-hybridized carbons (Fsp3) is 0.556. The van der Waals surface area contributed by atoms with Gasteiger partial charge >= 0.3 is 6.03 Å². The van der Waals surface area contributed by atoms with Gasteiger partial charge in [0.05, 0.1) is 5.92 Å². The number of aromatic nitrogens is 1. The van der Waals surface area contributed by atoms with Crippen molar-refractivity contribution in [2.45, 2.75) is 38.1 Å². The summed E-state index contributed by atoms with van der Waals surface area (Å²) < 4.78 is 2.22. The molecule has 1 saturated heterocycles. The molecule has 0 saturated carbocycles. The largest absolute Gasteiger partial charge is 0.350 e. The normalized spacial score (nSPS) is 22.0. The third-order valence-corrected chi connectivity index (χ3v) is 7.42. The maximum Gasteiger partial charge on any atom is 0.324 e. The van der Waals surface area contributed by atoms with Crippen molar-refractivity contribution < 1.29 is 9.59 Å². The third kappa shape index (κ3) is 4.64. The molecule has 0 spiro atoms. The van der Waals surface area contributed by atoms with Crippen LogP contribution in [0.3, 0.4) is 0 Å². The first-order chi connectivity index (χ1) is 16.3. The lowest BCUT2D eigenvalue weighted by Gasteiger charge is -2.47. The maximum absolute atomic E-state index is 13.8. The number of likely N-dealkylation sites (tertiary alicyclic amines) is 1. The Morgan fingerprint density at radius 2 is 2.06 bits per heavy atom. The third-order valence-electron chi connectivity index (χ3n) is 7.42. The summed E-state index contributed by atoms with van der Waals surface area (Å²) in [7, 11) is 6.12. The number of aryl methyl sites for hydroxylation is 1. The summed E-state index contributed by atoms with van der Waals surface area (Å²) in [5, 5.41) is 4.20. The Labute approximate surface area is 203 Å². The van der Waals surface area contributed by atoms with Gasteiger partial charge in [0.2, 0.25) is 5.91 Å². The number of amides is 3. The van der Waals surface area contributed by atoms with Gasteiger partial charge in [0, 0.05) is 62.3 Å². The van der Waals surface area contributed by atoms with Crippen LogP contribution in [0.25, 0.3) is 10.9 Å². The molecule has 0 bridgehead atoms. The minimum atomic E-state index is -0.278. The fourth-order valence-electron chi connectivity index (χ4n) is 5.95. The number of carbonyl (C=O) groups is 2. The van der Waals surface area contributed by atoms with Crippen LogP contribution in [0.2, 0.25) is 0 Å². The molecule has 1 unspecified atom stereocenters. The molecule has 1 aliphatic carbocycles. The molecule has 2 aromatic rings. The molecule has 1 N–H and O–H groups in total. The molecule has 4 rings (SSSR count). The second-order valence-corrected chi connectivity index (χ2v) is 10.0. The predicted molar refractivity (Wildman–Crippen MR) is 137 cm³/mol. The number of urea groups is 1. The summed E-state index contributed by atoms with van der Waals surface area (Å²) in [5.74, 6) is -0.00829. The van der Waals surface area contributed by atoms with Crippen molar-refractivity contribution in [3.8, 4) is 0 Å². The molecule has 3 amide bonds. The van der Waals surface area contributed by atoms with E-state index in [-0.39, 0.29) is 23.8 Å². The number of piperidine rings is 1. The molecular formula is C27H39N5O2. The van der Waals surface area contributed by atoms with E-state index >= 15 is 0 Å². The number of nitrogens with zero attached hydrogens (tertiary/aromatic N) is 4. The lowest BCUT2D eigenvalue weighted by atomic mass is 9.72. The number of imide groups is 1. The molecule has 1 aromatic carbocycles. The molecule has 2 heterocycles. The van der Waals surface area contributed by atoms with Gasteiger partial charge in [-0.05, 0) is 64.0 Å². The highest BCUT2D eigenvalue weighted by Crippen LogP contribution is 2.45. The lowest BCUT2D eigenvalue weighted by molar-refractivity contribution is -0.135. The number of hydrogen-bond donors (Lipinski definition) is 1. The summed E-state index contributed by atoms with van der Waals surface area (Å²) in [5.41, 5.74) is 3.98. The first-order valence-corrected chi connectivity index (χ1v) is 12.5. The highest BCUT2D eigenvalue weighted by molar-refractivity contribution is 5.96. The van der Waals surface area contributed by atoms with Crippen LogP contribution in [0, 0.1) is 5.92 Å². The van der Waals surface area contributed by atoms with Crippen LogP contribution in [0.15, 0.2) is 37.1 Å². The molecule has 1 fully saturated rings. The second kappa shape index (κ2) is 10.3. The average molecular weight is 466 g/mol. The minimum absolute atomic E-state index is 0.0525. The number of fused-ring (bicyclic) bond motifs is 2. The van der Waals surface area contributed by atoms with Crippen LogP contribution in [0.1, 0.15) is 36.8 Å². The van der Waals surface area contributed by atoms with E-state index in [2.05, 4.69) is 57.7 Å². The zero-order chi connectivity index (χ0) is 24.4.